The largest absolute Gasteiger partial charge is 0.368 e. The van der Waals surface area contributed by atoms with Crippen LogP contribution in [0.5, 0.6) is 0 Å². The molecule has 118 valence electrons. The highest BCUT2D eigenvalue weighted by Gasteiger charge is 2.17. The molecule has 0 fully saturated rings. The number of primary amides is 1. The van der Waals surface area contributed by atoms with Crippen LogP contribution in [0, 0.1) is 5.82 Å². The van der Waals surface area contributed by atoms with E-state index in [1.165, 1.54) is 18.2 Å². The van der Waals surface area contributed by atoms with Crippen LogP contribution in [0.3, 0.4) is 0 Å². The lowest BCUT2D eigenvalue weighted by Gasteiger charge is -2.13. The van der Waals surface area contributed by atoms with Gasteiger partial charge in [-0.25, -0.2) is 4.39 Å². The summed E-state index contributed by atoms with van der Waals surface area (Å²) >= 11 is 0. The summed E-state index contributed by atoms with van der Waals surface area (Å²) in [5.41, 5.74) is 6.43. The van der Waals surface area contributed by atoms with Gasteiger partial charge in [0.1, 0.15) is 11.9 Å². The number of halogens is 1. The van der Waals surface area contributed by atoms with Gasteiger partial charge in [-0.05, 0) is 30.2 Å². The number of benzene rings is 2. The Morgan fingerprint density at radius 3 is 2.52 bits per heavy atom. The fourth-order valence-corrected chi connectivity index (χ4v) is 2.02. The Labute approximate surface area is 133 Å². The summed E-state index contributed by atoms with van der Waals surface area (Å²) in [6.07, 6.45) is 3.85. The number of hydrogen-bond donors (Lipinski definition) is 2. The lowest BCUT2D eigenvalue weighted by molar-refractivity contribution is -0.119. The molecular formula is C18H17FN2O2. The van der Waals surface area contributed by atoms with Crippen LogP contribution >= 0.6 is 0 Å². The van der Waals surface area contributed by atoms with Gasteiger partial charge in [0.2, 0.25) is 5.91 Å². The molecule has 23 heavy (non-hydrogen) atoms. The van der Waals surface area contributed by atoms with Gasteiger partial charge in [0.05, 0.1) is 0 Å². The number of nitrogens with one attached hydrogen (secondary N) is 1. The molecule has 0 bridgehead atoms. The van der Waals surface area contributed by atoms with Gasteiger partial charge in [0, 0.05) is 5.56 Å². The molecule has 1 atom stereocenters. The van der Waals surface area contributed by atoms with Crippen LogP contribution in [-0.4, -0.2) is 17.9 Å². The minimum atomic E-state index is -0.856. The van der Waals surface area contributed by atoms with Gasteiger partial charge in [-0.2, -0.15) is 0 Å². The Morgan fingerprint density at radius 2 is 1.87 bits per heavy atom. The zero-order chi connectivity index (χ0) is 16.7. The SMILES string of the molecule is NC(=O)[C@@H](C/C=C/c1ccccc1)NC(=O)c1cccc(F)c1. The first-order valence-corrected chi connectivity index (χ1v) is 7.13. The van der Waals surface area contributed by atoms with Crippen molar-refractivity contribution in [3.8, 4) is 0 Å². The highest BCUT2D eigenvalue weighted by atomic mass is 19.1. The molecule has 0 radical (unpaired) electrons. The monoisotopic (exact) mass is 312 g/mol. The molecule has 0 saturated carbocycles. The maximum atomic E-state index is 13.1. The summed E-state index contributed by atoms with van der Waals surface area (Å²) in [6.45, 7) is 0. The molecule has 3 N–H and O–H groups in total. The van der Waals surface area contributed by atoms with Crippen molar-refractivity contribution in [1.82, 2.24) is 5.32 Å². The molecule has 2 amide bonds. The minimum Gasteiger partial charge on any atom is -0.368 e. The van der Waals surface area contributed by atoms with Crippen molar-refractivity contribution >= 4 is 17.9 Å². The molecule has 0 saturated heterocycles. The lowest BCUT2D eigenvalue weighted by atomic mass is 10.1. The fraction of sp³-hybridized carbons (Fsp3) is 0.111. The average Bonchev–Trinajstić information content (AvgIpc) is 2.54. The second kappa shape index (κ2) is 7.89. The van der Waals surface area contributed by atoms with Crippen LogP contribution in [0.25, 0.3) is 6.08 Å². The molecule has 5 heteroatoms. The first-order valence-electron chi connectivity index (χ1n) is 7.13. The molecule has 0 aliphatic carbocycles. The molecule has 0 heterocycles. The third-order valence-corrected chi connectivity index (χ3v) is 3.22. The highest BCUT2D eigenvalue weighted by molar-refractivity contribution is 5.97. The zero-order valence-electron chi connectivity index (χ0n) is 12.4. The second-order valence-electron chi connectivity index (χ2n) is 4.99. The number of hydrogen-bond acceptors (Lipinski definition) is 2. The summed E-state index contributed by atoms with van der Waals surface area (Å²) < 4.78 is 13.1. The Morgan fingerprint density at radius 1 is 1.13 bits per heavy atom. The molecule has 2 aromatic carbocycles. The van der Waals surface area contributed by atoms with Gasteiger partial charge < -0.3 is 11.1 Å². The van der Waals surface area contributed by atoms with Gasteiger partial charge in [0.25, 0.3) is 5.91 Å². The zero-order valence-corrected chi connectivity index (χ0v) is 12.4. The maximum absolute atomic E-state index is 13.1. The summed E-state index contributed by atoms with van der Waals surface area (Å²) in [7, 11) is 0. The fourth-order valence-electron chi connectivity index (χ4n) is 2.02. The van der Waals surface area contributed by atoms with Crippen LogP contribution in [0.4, 0.5) is 4.39 Å². The Kier molecular flexibility index (Phi) is 5.63. The van der Waals surface area contributed by atoms with Gasteiger partial charge in [-0.3, -0.25) is 9.59 Å². The average molecular weight is 312 g/mol. The molecule has 0 aliphatic rings. The van der Waals surface area contributed by atoms with Crippen molar-refractivity contribution < 1.29 is 14.0 Å². The molecule has 4 nitrogen and oxygen atoms in total. The van der Waals surface area contributed by atoms with Gasteiger partial charge >= 0.3 is 0 Å². The van der Waals surface area contributed by atoms with Gasteiger partial charge in [-0.1, -0.05) is 48.6 Å². The maximum Gasteiger partial charge on any atom is 0.252 e. The van der Waals surface area contributed by atoms with Crippen molar-refractivity contribution in [2.24, 2.45) is 5.73 Å². The van der Waals surface area contributed by atoms with E-state index in [1.54, 1.807) is 6.08 Å². The molecule has 2 rings (SSSR count). The van der Waals surface area contributed by atoms with Gasteiger partial charge in [-0.15, -0.1) is 0 Å². The van der Waals surface area contributed by atoms with Crippen molar-refractivity contribution in [3.63, 3.8) is 0 Å². The van der Waals surface area contributed by atoms with E-state index in [-0.39, 0.29) is 12.0 Å². The number of rotatable bonds is 6. The standard InChI is InChI=1S/C18H17FN2O2/c19-15-10-5-9-14(12-15)18(23)21-16(17(20)22)11-4-8-13-6-2-1-3-7-13/h1-10,12,16H,11H2,(H2,20,22)(H,21,23)/b8-4+/t16-/m1/s1. The van der Waals surface area contributed by atoms with E-state index in [9.17, 15) is 14.0 Å². The molecule has 0 aliphatic heterocycles. The summed E-state index contributed by atoms with van der Waals surface area (Å²) in [5.74, 6) is -1.70. The van der Waals surface area contributed by atoms with Crippen LogP contribution in [0.1, 0.15) is 22.3 Å². The third kappa shape index (κ3) is 5.07. The van der Waals surface area contributed by atoms with Crippen molar-refractivity contribution in [3.05, 3.63) is 77.6 Å². The minimum absolute atomic E-state index is 0.142. The van der Waals surface area contributed by atoms with E-state index >= 15 is 0 Å². The number of amides is 2. The molecule has 0 aromatic heterocycles. The highest BCUT2D eigenvalue weighted by Crippen LogP contribution is 2.06. The summed E-state index contributed by atoms with van der Waals surface area (Å²) in [6, 6.07) is 13.9. The Hall–Kier alpha value is -2.95. The van der Waals surface area contributed by atoms with Crippen LogP contribution < -0.4 is 11.1 Å². The summed E-state index contributed by atoms with van der Waals surface area (Å²) in [4.78, 5) is 23.5. The van der Waals surface area contributed by atoms with Crippen molar-refractivity contribution in [2.75, 3.05) is 0 Å². The van der Waals surface area contributed by atoms with Crippen molar-refractivity contribution in [1.29, 1.82) is 0 Å². The Bertz CT molecular complexity index is 714. The van der Waals surface area contributed by atoms with Crippen LogP contribution in [0.15, 0.2) is 60.7 Å². The number of nitrogens with two attached hydrogens (primary N) is 1. The first-order chi connectivity index (χ1) is 11.1. The summed E-state index contributed by atoms with van der Waals surface area (Å²) in [5, 5.41) is 2.51. The quantitative estimate of drug-likeness (QED) is 0.860. The normalized spacial score (nSPS) is 12.0. The van der Waals surface area contributed by atoms with Gasteiger partial charge in [0.15, 0.2) is 0 Å². The Balaban J connectivity index is 2.00. The predicted molar refractivity (Wildman–Crippen MR) is 86.9 cm³/mol. The third-order valence-electron chi connectivity index (χ3n) is 3.22. The van der Waals surface area contributed by atoms with E-state index in [1.807, 2.05) is 36.4 Å². The molecule has 0 unspecified atom stereocenters. The van der Waals surface area contributed by atoms with E-state index < -0.39 is 23.7 Å². The van der Waals surface area contributed by atoms with Crippen LogP contribution in [0.2, 0.25) is 0 Å². The van der Waals surface area contributed by atoms with E-state index in [2.05, 4.69) is 5.32 Å². The smallest absolute Gasteiger partial charge is 0.252 e. The second-order valence-corrected chi connectivity index (χ2v) is 4.99. The van der Waals surface area contributed by atoms with Crippen molar-refractivity contribution in [2.45, 2.75) is 12.5 Å². The molecule has 2 aromatic rings. The topological polar surface area (TPSA) is 72.2 Å². The molecule has 0 spiro atoms. The number of carbonyl (C=O) groups is 2. The van der Waals surface area contributed by atoms with E-state index in [0.717, 1.165) is 11.6 Å². The van der Waals surface area contributed by atoms with Crippen LogP contribution in [-0.2, 0) is 4.79 Å². The molecular weight excluding hydrogens is 295 g/mol. The predicted octanol–water partition coefficient (Wildman–Crippen LogP) is 2.51. The van der Waals surface area contributed by atoms with E-state index in [0.29, 0.717) is 0 Å². The lowest BCUT2D eigenvalue weighted by Crippen LogP contribution is -2.44. The number of carbonyl (C=O) groups excluding carboxylic acids is 2. The first kappa shape index (κ1) is 16.4. The van der Waals surface area contributed by atoms with E-state index in [4.69, 9.17) is 5.73 Å².